The lowest BCUT2D eigenvalue weighted by Gasteiger charge is -2.31. The zero-order valence-electron chi connectivity index (χ0n) is 12.3. The highest BCUT2D eigenvalue weighted by Gasteiger charge is 2.25. The van der Waals surface area contributed by atoms with E-state index in [4.69, 9.17) is 26.8 Å². The molecule has 2 atom stereocenters. The molecule has 21 heavy (non-hydrogen) atoms. The molecule has 3 N–H and O–H groups in total. The van der Waals surface area contributed by atoms with Crippen molar-refractivity contribution >= 4 is 28.9 Å². The number of hydrogen-bond donors (Lipinski definition) is 2. The number of halogens is 1. The summed E-state index contributed by atoms with van der Waals surface area (Å²) in [7, 11) is 0. The zero-order valence-corrected chi connectivity index (χ0v) is 13.0. The fourth-order valence-electron chi connectivity index (χ4n) is 2.51. The van der Waals surface area contributed by atoms with Crippen molar-refractivity contribution in [2.24, 2.45) is 0 Å². The molecule has 0 aliphatic carbocycles. The summed E-state index contributed by atoms with van der Waals surface area (Å²) >= 11 is 5.81. The van der Waals surface area contributed by atoms with Gasteiger partial charge in [0.05, 0.1) is 29.7 Å². The topological polar surface area (TPSA) is 73.6 Å². The second kappa shape index (κ2) is 7.11. The van der Waals surface area contributed by atoms with Crippen LogP contribution in [0.4, 0.5) is 11.4 Å². The number of anilines is 2. The van der Waals surface area contributed by atoms with Crippen molar-refractivity contribution in [2.75, 3.05) is 17.7 Å². The van der Waals surface area contributed by atoms with Gasteiger partial charge in [0.15, 0.2) is 0 Å². The molecule has 0 saturated carbocycles. The van der Waals surface area contributed by atoms with Crippen LogP contribution in [0.5, 0.6) is 0 Å². The van der Waals surface area contributed by atoms with Crippen LogP contribution in [0.25, 0.3) is 0 Å². The highest BCUT2D eigenvalue weighted by molar-refractivity contribution is 6.31. The van der Waals surface area contributed by atoms with E-state index in [1.165, 1.54) is 0 Å². The number of benzene rings is 1. The Hall–Kier alpha value is -1.30. The molecular weight excluding hydrogens is 292 g/mol. The van der Waals surface area contributed by atoms with Gasteiger partial charge in [-0.25, -0.2) is 0 Å². The maximum Gasteiger partial charge on any atom is 0.250 e. The van der Waals surface area contributed by atoms with E-state index in [-0.39, 0.29) is 30.8 Å². The molecular formula is C15H21ClN2O3. The van der Waals surface area contributed by atoms with Gasteiger partial charge >= 0.3 is 0 Å². The molecule has 1 aromatic carbocycles. The molecule has 1 aromatic rings. The average molecular weight is 313 g/mol. The first kappa shape index (κ1) is 16.1. The number of ether oxygens (including phenoxy) is 2. The van der Waals surface area contributed by atoms with Crippen molar-refractivity contribution in [2.45, 2.75) is 45.0 Å². The number of nitrogens with two attached hydrogens (primary N) is 1. The summed E-state index contributed by atoms with van der Waals surface area (Å²) in [5.74, 6) is -0.226. The monoisotopic (exact) mass is 312 g/mol. The van der Waals surface area contributed by atoms with E-state index >= 15 is 0 Å². The molecule has 5 nitrogen and oxygen atoms in total. The van der Waals surface area contributed by atoms with Crippen molar-refractivity contribution in [3.63, 3.8) is 0 Å². The molecule has 0 radical (unpaired) electrons. The van der Waals surface area contributed by atoms with Gasteiger partial charge in [0, 0.05) is 5.02 Å². The second-order valence-electron chi connectivity index (χ2n) is 5.44. The third kappa shape index (κ3) is 4.88. The van der Waals surface area contributed by atoms with Crippen LogP contribution < -0.4 is 11.1 Å². The summed E-state index contributed by atoms with van der Waals surface area (Å²) in [5.41, 5.74) is 6.77. The van der Waals surface area contributed by atoms with Crippen LogP contribution >= 0.6 is 11.6 Å². The van der Waals surface area contributed by atoms with E-state index in [1.54, 1.807) is 18.2 Å². The average Bonchev–Trinajstić information content (AvgIpc) is 2.39. The number of nitrogens with one attached hydrogen (secondary N) is 1. The van der Waals surface area contributed by atoms with Crippen molar-refractivity contribution < 1.29 is 14.3 Å². The summed E-state index contributed by atoms with van der Waals surface area (Å²) in [4.78, 5) is 11.9. The molecule has 6 heteroatoms. The van der Waals surface area contributed by atoms with Gasteiger partial charge in [0.1, 0.15) is 6.61 Å². The first-order valence-electron chi connectivity index (χ1n) is 7.06. The van der Waals surface area contributed by atoms with Gasteiger partial charge in [-0.1, -0.05) is 11.6 Å². The van der Waals surface area contributed by atoms with E-state index in [9.17, 15) is 4.79 Å². The minimum atomic E-state index is -0.226. The summed E-state index contributed by atoms with van der Waals surface area (Å²) in [5, 5.41) is 3.25. The number of amides is 1. The first-order valence-corrected chi connectivity index (χ1v) is 7.43. The first-order chi connectivity index (χ1) is 9.94. The van der Waals surface area contributed by atoms with Crippen LogP contribution in [-0.2, 0) is 14.3 Å². The minimum Gasteiger partial charge on any atom is -0.397 e. The van der Waals surface area contributed by atoms with Gasteiger partial charge in [-0.15, -0.1) is 0 Å². The number of carbonyl (C=O) groups excluding carboxylic acids is 1. The van der Waals surface area contributed by atoms with Crippen molar-refractivity contribution in [3.05, 3.63) is 23.2 Å². The van der Waals surface area contributed by atoms with Gasteiger partial charge in [0.25, 0.3) is 0 Å². The molecule has 1 aliphatic rings. The Bertz CT molecular complexity index is 500. The largest absolute Gasteiger partial charge is 0.397 e. The number of hydrogen-bond acceptors (Lipinski definition) is 4. The van der Waals surface area contributed by atoms with Crippen molar-refractivity contribution in [3.8, 4) is 0 Å². The fraction of sp³-hybridized carbons (Fsp3) is 0.533. The SMILES string of the molecule is CC1CC(OCC(=O)Nc2ccc(Cl)cc2N)CC(C)O1. The molecule has 2 unspecified atom stereocenters. The van der Waals surface area contributed by atoms with E-state index < -0.39 is 0 Å². The Balaban J connectivity index is 1.82. The summed E-state index contributed by atoms with van der Waals surface area (Å²) in [6.07, 6.45) is 1.99. The maximum absolute atomic E-state index is 11.9. The van der Waals surface area contributed by atoms with Gasteiger partial charge in [0.2, 0.25) is 5.91 Å². The molecule has 1 amide bonds. The maximum atomic E-state index is 11.9. The summed E-state index contributed by atoms with van der Waals surface area (Å²) in [6, 6.07) is 4.95. The van der Waals surface area contributed by atoms with E-state index in [0.29, 0.717) is 16.4 Å². The smallest absolute Gasteiger partial charge is 0.250 e. The van der Waals surface area contributed by atoms with E-state index in [0.717, 1.165) is 12.8 Å². The Morgan fingerprint density at radius 1 is 1.43 bits per heavy atom. The third-order valence-corrected chi connectivity index (χ3v) is 3.63. The molecule has 1 aliphatic heterocycles. The Morgan fingerprint density at radius 2 is 2.10 bits per heavy atom. The van der Waals surface area contributed by atoms with Crippen LogP contribution in [-0.4, -0.2) is 30.8 Å². The lowest BCUT2D eigenvalue weighted by atomic mass is 10.0. The Morgan fingerprint density at radius 3 is 2.71 bits per heavy atom. The number of rotatable bonds is 4. The molecule has 1 saturated heterocycles. The highest BCUT2D eigenvalue weighted by atomic mass is 35.5. The normalized spacial score (nSPS) is 25.6. The predicted molar refractivity (Wildman–Crippen MR) is 83.5 cm³/mol. The molecule has 0 spiro atoms. The Labute approximate surface area is 129 Å². The Kier molecular flexibility index (Phi) is 5.45. The van der Waals surface area contributed by atoms with Gasteiger partial charge in [-0.05, 0) is 44.9 Å². The number of nitrogen functional groups attached to an aromatic ring is 1. The van der Waals surface area contributed by atoms with Crippen LogP contribution in [0.3, 0.4) is 0 Å². The second-order valence-corrected chi connectivity index (χ2v) is 5.88. The molecule has 116 valence electrons. The van der Waals surface area contributed by atoms with Gasteiger partial charge in [-0.3, -0.25) is 4.79 Å². The quantitative estimate of drug-likeness (QED) is 0.838. The van der Waals surface area contributed by atoms with Gasteiger partial charge in [-0.2, -0.15) is 0 Å². The van der Waals surface area contributed by atoms with Crippen LogP contribution in [0.15, 0.2) is 18.2 Å². The minimum absolute atomic E-state index is 0.00612. The third-order valence-electron chi connectivity index (χ3n) is 3.39. The van der Waals surface area contributed by atoms with E-state index in [1.807, 2.05) is 13.8 Å². The van der Waals surface area contributed by atoms with E-state index in [2.05, 4.69) is 5.32 Å². The van der Waals surface area contributed by atoms with Crippen molar-refractivity contribution in [1.82, 2.24) is 0 Å². The lowest BCUT2D eigenvalue weighted by Crippen LogP contribution is -2.35. The predicted octanol–water partition coefficient (Wildman–Crippen LogP) is 2.83. The molecule has 1 fully saturated rings. The molecule has 0 bridgehead atoms. The van der Waals surface area contributed by atoms with Crippen LogP contribution in [0.2, 0.25) is 5.02 Å². The van der Waals surface area contributed by atoms with Crippen LogP contribution in [0, 0.1) is 0 Å². The zero-order chi connectivity index (χ0) is 15.4. The number of carbonyl (C=O) groups is 1. The molecule has 2 rings (SSSR count). The fourth-order valence-corrected chi connectivity index (χ4v) is 2.69. The lowest BCUT2D eigenvalue weighted by molar-refractivity contribution is -0.131. The standard InChI is InChI=1S/C15H21ClN2O3/c1-9-5-12(6-10(2)21-9)20-8-15(19)18-14-4-3-11(16)7-13(14)17/h3-4,7,9-10,12H,5-6,8,17H2,1-2H3,(H,18,19). The molecule has 0 aromatic heterocycles. The van der Waals surface area contributed by atoms with Crippen molar-refractivity contribution in [1.29, 1.82) is 0 Å². The summed E-state index contributed by atoms with van der Waals surface area (Å²) in [6.45, 7) is 4.03. The highest BCUT2D eigenvalue weighted by Crippen LogP contribution is 2.23. The van der Waals surface area contributed by atoms with Gasteiger partial charge < -0.3 is 20.5 Å². The molecule has 1 heterocycles. The van der Waals surface area contributed by atoms with Crippen LogP contribution in [0.1, 0.15) is 26.7 Å². The summed E-state index contributed by atoms with van der Waals surface area (Å²) < 4.78 is 11.3.